The van der Waals surface area contributed by atoms with Gasteiger partial charge in [-0.2, -0.15) is 0 Å². The van der Waals surface area contributed by atoms with E-state index in [9.17, 15) is 9.59 Å². The Morgan fingerprint density at radius 3 is 2.32 bits per heavy atom. The Hall–Kier alpha value is -1.39. The molecule has 0 spiro atoms. The van der Waals surface area contributed by atoms with Crippen LogP contribution < -0.4 is 5.32 Å². The zero-order valence-electron chi connectivity index (χ0n) is 12.6. The molecule has 3 rings (SSSR count). The van der Waals surface area contributed by atoms with Gasteiger partial charge >= 0.3 is 0 Å². The van der Waals surface area contributed by atoms with Crippen LogP contribution in [0.2, 0.25) is 5.02 Å². The van der Waals surface area contributed by atoms with E-state index in [1.807, 2.05) is 0 Å². The topological polar surface area (TPSA) is 49.4 Å². The van der Waals surface area contributed by atoms with Crippen molar-refractivity contribution in [3.05, 3.63) is 34.9 Å². The van der Waals surface area contributed by atoms with Crippen molar-refractivity contribution in [3.8, 4) is 0 Å². The van der Waals surface area contributed by atoms with Crippen LogP contribution in [0.3, 0.4) is 0 Å². The summed E-state index contributed by atoms with van der Waals surface area (Å²) >= 11 is 5.85. The first-order chi connectivity index (χ1) is 10.6. The van der Waals surface area contributed by atoms with Crippen molar-refractivity contribution in [2.24, 2.45) is 5.92 Å². The molecule has 22 heavy (non-hydrogen) atoms. The number of rotatable bonds is 5. The second-order valence-corrected chi connectivity index (χ2v) is 6.70. The number of nitrogens with zero attached hydrogens (tertiary/aromatic N) is 1. The molecule has 0 bridgehead atoms. The summed E-state index contributed by atoms with van der Waals surface area (Å²) in [6.07, 6.45) is 3.86. The van der Waals surface area contributed by atoms with Gasteiger partial charge in [0.1, 0.15) is 0 Å². The number of likely N-dealkylation sites (tertiary alicyclic amines) is 1. The maximum atomic E-state index is 12.5. The van der Waals surface area contributed by atoms with E-state index in [1.165, 1.54) is 0 Å². The van der Waals surface area contributed by atoms with E-state index in [2.05, 4.69) is 10.2 Å². The first kappa shape index (κ1) is 15.5. The number of benzene rings is 1. The van der Waals surface area contributed by atoms with E-state index in [4.69, 9.17) is 11.6 Å². The van der Waals surface area contributed by atoms with Gasteiger partial charge in [0.05, 0.1) is 6.54 Å². The van der Waals surface area contributed by atoms with E-state index < -0.39 is 0 Å². The van der Waals surface area contributed by atoms with Crippen LogP contribution in [0.5, 0.6) is 0 Å². The third-order valence-corrected chi connectivity index (χ3v) is 4.65. The molecule has 1 aromatic rings. The minimum Gasteiger partial charge on any atom is -0.352 e. The molecule has 2 fully saturated rings. The molecule has 4 nitrogen and oxygen atoms in total. The van der Waals surface area contributed by atoms with Crippen molar-refractivity contribution in [1.29, 1.82) is 0 Å². The molecular weight excluding hydrogens is 300 g/mol. The van der Waals surface area contributed by atoms with Gasteiger partial charge in [0.25, 0.3) is 0 Å². The van der Waals surface area contributed by atoms with E-state index in [1.54, 1.807) is 24.3 Å². The maximum absolute atomic E-state index is 12.5. The normalized spacial score (nSPS) is 19.9. The predicted molar refractivity (Wildman–Crippen MR) is 86.1 cm³/mol. The van der Waals surface area contributed by atoms with Crippen molar-refractivity contribution in [1.82, 2.24) is 10.2 Å². The average Bonchev–Trinajstić information content (AvgIpc) is 3.32. The molecule has 1 aliphatic heterocycles. The summed E-state index contributed by atoms with van der Waals surface area (Å²) < 4.78 is 0. The summed E-state index contributed by atoms with van der Waals surface area (Å²) in [6, 6.07) is 7.51. The molecule has 1 aromatic carbocycles. The molecule has 118 valence electrons. The van der Waals surface area contributed by atoms with Gasteiger partial charge in [-0.1, -0.05) is 11.6 Å². The van der Waals surface area contributed by atoms with Crippen LogP contribution in [-0.4, -0.2) is 42.3 Å². The van der Waals surface area contributed by atoms with E-state index in [-0.39, 0.29) is 17.6 Å². The lowest BCUT2D eigenvalue weighted by atomic mass is 9.89. The minimum atomic E-state index is 0.0592. The summed E-state index contributed by atoms with van der Waals surface area (Å²) in [7, 11) is 0. The minimum absolute atomic E-state index is 0.0592. The van der Waals surface area contributed by atoms with Gasteiger partial charge in [-0.25, -0.2) is 0 Å². The Morgan fingerprint density at radius 1 is 1.09 bits per heavy atom. The molecule has 1 aliphatic carbocycles. The summed E-state index contributed by atoms with van der Waals surface area (Å²) in [6.45, 7) is 2.07. The van der Waals surface area contributed by atoms with Gasteiger partial charge < -0.3 is 5.32 Å². The quantitative estimate of drug-likeness (QED) is 0.848. The molecule has 2 aliphatic rings. The number of Topliss-reactive ketones (excluding diaryl/α,β-unsaturated/α-hetero) is 1. The average molecular weight is 321 g/mol. The lowest BCUT2D eigenvalue weighted by Crippen LogP contribution is -2.43. The number of amides is 1. The van der Waals surface area contributed by atoms with Gasteiger partial charge in [-0.3, -0.25) is 14.5 Å². The van der Waals surface area contributed by atoms with Crippen LogP contribution >= 0.6 is 11.6 Å². The fourth-order valence-electron chi connectivity index (χ4n) is 2.91. The monoisotopic (exact) mass is 320 g/mol. The van der Waals surface area contributed by atoms with Gasteiger partial charge in [0.15, 0.2) is 5.78 Å². The molecule has 1 heterocycles. The lowest BCUT2D eigenvalue weighted by Gasteiger charge is -2.30. The Morgan fingerprint density at radius 2 is 1.73 bits per heavy atom. The molecule has 1 N–H and O–H groups in total. The first-order valence-corrected chi connectivity index (χ1v) is 8.31. The molecule has 1 saturated heterocycles. The number of carbonyl (C=O) groups excluding carboxylic acids is 2. The molecule has 1 saturated carbocycles. The number of nitrogens with one attached hydrogen (secondary N) is 1. The number of carbonyl (C=O) groups is 2. The van der Waals surface area contributed by atoms with Crippen LogP contribution in [-0.2, 0) is 4.79 Å². The summed E-state index contributed by atoms with van der Waals surface area (Å²) in [4.78, 5) is 26.4. The van der Waals surface area contributed by atoms with Crippen LogP contribution in [0.15, 0.2) is 24.3 Å². The fraction of sp³-hybridized carbons (Fsp3) is 0.529. The highest BCUT2D eigenvalue weighted by Crippen LogP contribution is 2.23. The van der Waals surface area contributed by atoms with Crippen molar-refractivity contribution >= 4 is 23.3 Å². The summed E-state index contributed by atoms with van der Waals surface area (Å²) in [5.41, 5.74) is 0.731. The smallest absolute Gasteiger partial charge is 0.234 e. The number of ketones is 1. The first-order valence-electron chi connectivity index (χ1n) is 7.93. The Balaban J connectivity index is 1.47. The number of hydrogen-bond acceptors (Lipinski definition) is 3. The van der Waals surface area contributed by atoms with Gasteiger partial charge in [-0.05, 0) is 63.0 Å². The second kappa shape index (κ2) is 6.80. The number of piperidine rings is 1. The largest absolute Gasteiger partial charge is 0.352 e. The molecule has 5 heteroatoms. The number of hydrogen-bond donors (Lipinski definition) is 1. The molecule has 0 unspecified atom stereocenters. The highest BCUT2D eigenvalue weighted by atomic mass is 35.5. The Kier molecular flexibility index (Phi) is 4.79. The van der Waals surface area contributed by atoms with Gasteiger partial charge in [-0.15, -0.1) is 0 Å². The Labute approximate surface area is 135 Å². The van der Waals surface area contributed by atoms with Crippen LogP contribution in [0.25, 0.3) is 0 Å². The van der Waals surface area contributed by atoms with Gasteiger partial charge in [0, 0.05) is 22.5 Å². The third kappa shape index (κ3) is 4.08. The van der Waals surface area contributed by atoms with Crippen molar-refractivity contribution in [2.75, 3.05) is 19.6 Å². The molecular formula is C17H21ClN2O2. The van der Waals surface area contributed by atoms with Crippen LogP contribution in [0.4, 0.5) is 0 Å². The second-order valence-electron chi connectivity index (χ2n) is 6.26. The maximum Gasteiger partial charge on any atom is 0.234 e. The summed E-state index contributed by atoms with van der Waals surface area (Å²) in [5.74, 6) is 0.368. The Bertz CT molecular complexity index is 546. The lowest BCUT2D eigenvalue weighted by molar-refractivity contribution is -0.122. The van der Waals surface area contributed by atoms with Gasteiger partial charge in [0.2, 0.25) is 5.91 Å². The van der Waals surface area contributed by atoms with Crippen molar-refractivity contribution in [3.63, 3.8) is 0 Å². The molecule has 0 aromatic heterocycles. The third-order valence-electron chi connectivity index (χ3n) is 4.40. The molecule has 1 amide bonds. The predicted octanol–water partition coefficient (Wildman–Crippen LogP) is 2.51. The van der Waals surface area contributed by atoms with Crippen molar-refractivity contribution in [2.45, 2.75) is 31.7 Å². The molecule has 0 radical (unpaired) electrons. The van der Waals surface area contributed by atoms with Crippen LogP contribution in [0, 0.1) is 5.92 Å². The zero-order chi connectivity index (χ0) is 15.5. The standard InChI is InChI=1S/C17H21ClN2O2/c18-14-3-1-12(2-4-14)17(22)13-7-9-20(10-8-13)11-16(21)19-15-5-6-15/h1-4,13,15H,5-11H2,(H,19,21). The SMILES string of the molecule is O=C(CN1CCC(C(=O)c2ccc(Cl)cc2)CC1)NC1CC1. The van der Waals surface area contributed by atoms with E-state index in [0.717, 1.165) is 44.3 Å². The van der Waals surface area contributed by atoms with E-state index >= 15 is 0 Å². The van der Waals surface area contributed by atoms with Crippen molar-refractivity contribution < 1.29 is 9.59 Å². The summed E-state index contributed by atoms with van der Waals surface area (Å²) in [5, 5.41) is 3.65. The molecule has 0 atom stereocenters. The van der Waals surface area contributed by atoms with Crippen LogP contribution in [0.1, 0.15) is 36.0 Å². The highest BCUT2D eigenvalue weighted by Gasteiger charge is 2.28. The fourth-order valence-corrected chi connectivity index (χ4v) is 3.03. The highest BCUT2D eigenvalue weighted by molar-refractivity contribution is 6.30. The zero-order valence-corrected chi connectivity index (χ0v) is 13.3. The van der Waals surface area contributed by atoms with E-state index in [0.29, 0.717) is 17.6 Å². The number of halogens is 1.